The number of aliphatic hydroxyl groups is 1. The lowest BCUT2D eigenvalue weighted by molar-refractivity contribution is -0.215. The molecule has 0 amide bonds. The lowest BCUT2D eigenvalue weighted by Crippen LogP contribution is -2.34. The van der Waals surface area contributed by atoms with E-state index < -0.39 is 34.4 Å². The van der Waals surface area contributed by atoms with Crippen LogP contribution >= 0.6 is 0 Å². The molecule has 134 valence electrons. The number of hydrogen-bond acceptors (Lipinski definition) is 7. The molecule has 2 aliphatic heterocycles. The molecular formula is C16H22O7S. The van der Waals surface area contributed by atoms with Crippen molar-refractivity contribution in [2.24, 2.45) is 0 Å². The summed E-state index contributed by atoms with van der Waals surface area (Å²) in [7, 11) is -3.92. The average Bonchev–Trinajstić information content (AvgIpc) is 2.99. The molecule has 0 bridgehead atoms. The molecule has 3 rings (SSSR count). The minimum atomic E-state index is -3.92. The van der Waals surface area contributed by atoms with E-state index in [4.69, 9.17) is 18.4 Å². The Kier molecular flexibility index (Phi) is 4.71. The van der Waals surface area contributed by atoms with Gasteiger partial charge in [-0.1, -0.05) is 17.7 Å². The zero-order valence-corrected chi connectivity index (χ0v) is 14.7. The van der Waals surface area contributed by atoms with Crippen LogP contribution in [0.25, 0.3) is 0 Å². The Morgan fingerprint density at radius 1 is 1.29 bits per heavy atom. The fourth-order valence-corrected chi connectivity index (χ4v) is 3.75. The van der Waals surface area contributed by atoms with Crippen LogP contribution in [0.15, 0.2) is 29.2 Å². The maximum Gasteiger partial charge on any atom is 0.297 e. The molecule has 0 spiro atoms. The fourth-order valence-electron chi connectivity index (χ4n) is 2.82. The second-order valence-corrected chi connectivity index (χ2v) is 8.19. The normalized spacial score (nSPS) is 30.2. The minimum Gasteiger partial charge on any atom is -0.388 e. The van der Waals surface area contributed by atoms with Gasteiger partial charge >= 0.3 is 0 Å². The van der Waals surface area contributed by atoms with Gasteiger partial charge in [0.1, 0.15) is 12.2 Å². The van der Waals surface area contributed by atoms with Gasteiger partial charge in [-0.15, -0.1) is 0 Å². The predicted molar refractivity (Wildman–Crippen MR) is 83.6 cm³/mol. The van der Waals surface area contributed by atoms with Crippen molar-refractivity contribution in [3.05, 3.63) is 29.8 Å². The average molecular weight is 358 g/mol. The minimum absolute atomic E-state index is 0.0536. The molecule has 0 aliphatic carbocycles. The zero-order valence-electron chi connectivity index (χ0n) is 13.8. The molecule has 0 saturated carbocycles. The van der Waals surface area contributed by atoms with Crippen molar-refractivity contribution >= 4 is 10.1 Å². The van der Waals surface area contributed by atoms with Crippen LogP contribution in [-0.4, -0.2) is 50.5 Å². The zero-order chi connectivity index (χ0) is 17.5. The van der Waals surface area contributed by atoms with Crippen LogP contribution in [0, 0.1) is 6.92 Å². The third-order valence-corrected chi connectivity index (χ3v) is 5.34. The Labute approximate surface area is 141 Å². The molecule has 2 heterocycles. The first-order valence-electron chi connectivity index (χ1n) is 7.81. The van der Waals surface area contributed by atoms with E-state index in [1.165, 1.54) is 12.1 Å². The van der Waals surface area contributed by atoms with E-state index in [9.17, 15) is 13.5 Å². The van der Waals surface area contributed by atoms with Crippen LogP contribution < -0.4 is 0 Å². The van der Waals surface area contributed by atoms with Crippen molar-refractivity contribution in [3.63, 3.8) is 0 Å². The van der Waals surface area contributed by atoms with Crippen LogP contribution in [0.1, 0.15) is 25.8 Å². The van der Waals surface area contributed by atoms with Crippen molar-refractivity contribution in [1.82, 2.24) is 0 Å². The standard InChI is InChI=1S/C16H22O7S/c1-10-4-6-11(7-5-10)24(18,19)20-9-12(17)13-8-14-15(21-13)23-16(2,3)22-14/h4-7,12-15,17H,8-9H2,1-3H3/t12-,13+,14-,15-/m1/s1. The van der Waals surface area contributed by atoms with Gasteiger partial charge in [0.05, 0.1) is 17.6 Å². The summed E-state index contributed by atoms with van der Waals surface area (Å²) in [5, 5.41) is 10.2. The topological polar surface area (TPSA) is 91.3 Å². The van der Waals surface area contributed by atoms with Crippen LogP contribution in [0.2, 0.25) is 0 Å². The quantitative estimate of drug-likeness (QED) is 0.794. The van der Waals surface area contributed by atoms with E-state index in [2.05, 4.69) is 0 Å². The van der Waals surface area contributed by atoms with Crippen molar-refractivity contribution in [3.8, 4) is 0 Å². The molecule has 1 N–H and O–H groups in total. The smallest absolute Gasteiger partial charge is 0.297 e. The van der Waals surface area contributed by atoms with Gasteiger partial charge in [0.25, 0.3) is 10.1 Å². The molecule has 7 nitrogen and oxygen atoms in total. The van der Waals surface area contributed by atoms with E-state index in [-0.39, 0.29) is 17.6 Å². The Bertz CT molecular complexity index is 667. The van der Waals surface area contributed by atoms with Crippen molar-refractivity contribution in [2.45, 2.75) is 62.5 Å². The number of rotatable bonds is 5. The molecule has 2 aliphatic rings. The highest BCUT2D eigenvalue weighted by molar-refractivity contribution is 7.86. The second kappa shape index (κ2) is 6.36. The van der Waals surface area contributed by atoms with E-state index in [1.54, 1.807) is 26.0 Å². The van der Waals surface area contributed by atoms with Gasteiger partial charge in [-0.3, -0.25) is 4.18 Å². The van der Waals surface area contributed by atoms with Gasteiger partial charge in [-0.05, 0) is 32.9 Å². The molecule has 2 saturated heterocycles. The lowest BCUT2D eigenvalue weighted by atomic mass is 10.1. The largest absolute Gasteiger partial charge is 0.388 e. The van der Waals surface area contributed by atoms with E-state index >= 15 is 0 Å². The van der Waals surface area contributed by atoms with Gasteiger partial charge in [0.15, 0.2) is 12.1 Å². The summed E-state index contributed by atoms with van der Waals surface area (Å²) in [4.78, 5) is 0.0536. The van der Waals surface area contributed by atoms with Gasteiger partial charge in [0, 0.05) is 6.42 Å². The maximum atomic E-state index is 12.1. The van der Waals surface area contributed by atoms with E-state index in [0.717, 1.165) is 5.56 Å². The van der Waals surface area contributed by atoms with Gasteiger partial charge < -0.3 is 19.3 Å². The number of benzene rings is 1. The third kappa shape index (κ3) is 3.79. The lowest BCUT2D eigenvalue weighted by Gasteiger charge is -2.22. The molecule has 8 heteroatoms. The molecule has 0 radical (unpaired) electrons. The van der Waals surface area contributed by atoms with Crippen molar-refractivity contribution < 1.29 is 31.9 Å². The summed E-state index contributed by atoms with van der Waals surface area (Å²) in [6, 6.07) is 6.31. The van der Waals surface area contributed by atoms with Gasteiger partial charge in [-0.2, -0.15) is 8.42 Å². The summed E-state index contributed by atoms with van der Waals surface area (Å²) in [6.07, 6.45) is -2.08. The highest BCUT2D eigenvalue weighted by Gasteiger charge is 2.50. The number of fused-ring (bicyclic) bond motifs is 1. The fraction of sp³-hybridized carbons (Fsp3) is 0.625. The first-order valence-corrected chi connectivity index (χ1v) is 9.22. The van der Waals surface area contributed by atoms with E-state index in [0.29, 0.717) is 6.42 Å². The molecule has 2 fully saturated rings. The summed E-state index contributed by atoms with van der Waals surface area (Å²) in [5.41, 5.74) is 0.947. The SMILES string of the molecule is Cc1ccc(S(=O)(=O)OC[C@@H](O)[C@@H]2C[C@H]3OC(C)(C)O[C@H]3O2)cc1. The predicted octanol–water partition coefficient (Wildman–Crippen LogP) is 1.33. The molecular weight excluding hydrogens is 336 g/mol. The number of aryl methyl sites for hydroxylation is 1. The molecule has 1 aromatic rings. The summed E-state index contributed by atoms with van der Waals surface area (Å²) < 4.78 is 46.0. The Hall–Kier alpha value is -1.03. The van der Waals surface area contributed by atoms with Crippen molar-refractivity contribution in [2.75, 3.05) is 6.61 Å². The summed E-state index contributed by atoms with van der Waals surface area (Å²) >= 11 is 0. The number of ether oxygens (including phenoxy) is 3. The Morgan fingerprint density at radius 3 is 2.58 bits per heavy atom. The van der Waals surface area contributed by atoms with Crippen LogP contribution in [0.5, 0.6) is 0 Å². The Morgan fingerprint density at radius 2 is 1.96 bits per heavy atom. The third-order valence-electron chi connectivity index (χ3n) is 4.05. The summed E-state index contributed by atoms with van der Waals surface area (Å²) in [5.74, 6) is -0.712. The van der Waals surface area contributed by atoms with Crippen LogP contribution in [0.3, 0.4) is 0 Å². The van der Waals surface area contributed by atoms with Crippen LogP contribution in [-0.2, 0) is 28.5 Å². The monoisotopic (exact) mass is 358 g/mol. The highest BCUT2D eigenvalue weighted by atomic mass is 32.2. The Balaban J connectivity index is 1.55. The van der Waals surface area contributed by atoms with Crippen molar-refractivity contribution in [1.29, 1.82) is 0 Å². The summed E-state index contributed by atoms with van der Waals surface area (Å²) in [6.45, 7) is 5.05. The number of aliphatic hydroxyl groups excluding tert-OH is 1. The highest BCUT2D eigenvalue weighted by Crippen LogP contribution is 2.38. The first-order chi connectivity index (χ1) is 11.2. The molecule has 24 heavy (non-hydrogen) atoms. The molecule has 4 atom stereocenters. The maximum absolute atomic E-state index is 12.1. The van der Waals surface area contributed by atoms with E-state index in [1.807, 2.05) is 6.92 Å². The molecule has 0 aromatic heterocycles. The van der Waals surface area contributed by atoms with Gasteiger partial charge in [-0.25, -0.2) is 0 Å². The first kappa shape index (κ1) is 17.8. The van der Waals surface area contributed by atoms with Crippen LogP contribution in [0.4, 0.5) is 0 Å². The van der Waals surface area contributed by atoms with Gasteiger partial charge in [0.2, 0.25) is 0 Å². The molecule has 1 aromatic carbocycles. The number of hydrogen-bond donors (Lipinski definition) is 1. The second-order valence-electron chi connectivity index (χ2n) is 6.57. The molecule has 0 unspecified atom stereocenters.